The Labute approximate surface area is 133 Å². The van der Waals surface area contributed by atoms with E-state index in [1.807, 2.05) is 30.3 Å². The fraction of sp³-hybridized carbons (Fsp3) is 0.167. The highest BCUT2D eigenvalue weighted by atomic mass is 19.2. The molecule has 23 heavy (non-hydrogen) atoms. The lowest BCUT2D eigenvalue weighted by Crippen LogP contribution is -2.37. The van der Waals surface area contributed by atoms with Crippen molar-refractivity contribution >= 4 is 6.03 Å². The maximum Gasteiger partial charge on any atom is 0.316 e. The molecule has 0 bridgehead atoms. The molecule has 2 rings (SSSR count). The Morgan fingerprint density at radius 3 is 2.57 bits per heavy atom. The van der Waals surface area contributed by atoms with Gasteiger partial charge in [-0.25, -0.2) is 13.6 Å². The highest BCUT2D eigenvalue weighted by Crippen LogP contribution is 2.15. The molecular formula is C18H16F2N2O. The molecule has 0 heterocycles. The van der Waals surface area contributed by atoms with Gasteiger partial charge < -0.3 is 10.6 Å². The van der Waals surface area contributed by atoms with E-state index in [1.54, 1.807) is 6.92 Å². The van der Waals surface area contributed by atoms with Crippen molar-refractivity contribution in [3.8, 4) is 11.8 Å². The Hall–Kier alpha value is -2.87. The van der Waals surface area contributed by atoms with Gasteiger partial charge >= 0.3 is 6.03 Å². The molecule has 0 fully saturated rings. The highest BCUT2D eigenvalue weighted by Gasteiger charge is 2.11. The van der Waals surface area contributed by atoms with Gasteiger partial charge in [0.05, 0.1) is 12.6 Å². The Morgan fingerprint density at radius 1 is 1.13 bits per heavy atom. The average molecular weight is 314 g/mol. The standard InChI is InChI=1S/C18H16F2N2O/c1-13(15-9-10-16(19)17(20)12-15)22-18(23)21-11-5-8-14-6-3-2-4-7-14/h2-4,6-7,9-10,12-13H,11H2,1H3,(H2,21,22,23). The highest BCUT2D eigenvalue weighted by molar-refractivity contribution is 5.74. The van der Waals surface area contributed by atoms with Crippen LogP contribution in [0.3, 0.4) is 0 Å². The van der Waals surface area contributed by atoms with Crippen LogP contribution in [0.4, 0.5) is 13.6 Å². The van der Waals surface area contributed by atoms with E-state index in [2.05, 4.69) is 22.5 Å². The zero-order valence-electron chi connectivity index (χ0n) is 12.6. The summed E-state index contributed by atoms with van der Waals surface area (Å²) in [7, 11) is 0. The maximum atomic E-state index is 13.2. The minimum atomic E-state index is -0.940. The smallest absolute Gasteiger partial charge is 0.316 e. The second kappa shape index (κ2) is 7.95. The summed E-state index contributed by atoms with van der Waals surface area (Å²) in [6.45, 7) is 1.87. The monoisotopic (exact) mass is 314 g/mol. The van der Waals surface area contributed by atoms with Crippen LogP contribution in [-0.4, -0.2) is 12.6 Å². The number of carbonyl (C=O) groups is 1. The molecule has 0 aliphatic heterocycles. The Balaban J connectivity index is 1.82. The van der Waals surface area contributed by atoms with Crippen molar-refractivity contribution in [1.29, 1.82) is 0 Å². The molecule has 3 nitrogen and oxygen atoms in total. The number of halogens is 2. The van der Waals surface area contributed by atoms with Gasteiger partial charge in [0.25, 0.3) is 0 Å². The quantitative estimate of drug-likeness (QED) is 0.838. The number of nitrogens with one attached hydrogen (secondary N) is 2. The van der Waals surface area contributed by atoms with Gasteiger partial charge in [-0.1, -0.05) is 36.1 Å². The molecule has 1 atom stereocenters. The first kappa shape index (κ1) is 16.5. The van der Waals surface area contributed by atoms with Gasteiger partial charge in [0.1, 0.15) is 0 Å². The van der Waals surface area contributed by atoms with Gasteiger partial charge in [-0.2, -0.15) is 0 Å². The van der Waals surface area contributed by atoms with E-state index in [-0.39, 0.29) is 6.54 Å². The van der Waals surface area contributed by atoms with E-state index in [4.69, 9.17) is 0 Å². The van der Waals surface area contributed by atoms with Crippen LogP contribution >= 0.6 is 0 Å². The Morgan fingerprint density at radius 2 is 1.87 bits per heavy atom. The van der Waals surface area contributed by atoms with Crippen molar-refractivity contribution in [2.75, 3.05) is 6.54 Å². The number of hydrogen-bond acceptors (Lipinski definition) is 1. The largest absolute Gasteiger partial charge is 0.332 e. The molecule has 2 N–H and O–H groups in total. The lowest BCUT2D eigenvalue weighted by molar-refractivity contribution is 0.239. The van der Waals surface area contributed by atoms with Crippen LogP contribution in [0.1, 0.15) is 24.1 Å². The van der Waals surface area contributed by atoms with Crippen LogP contribution in [0.2, 0.25) is 0 Å². The van der Waals surface area contributed by atoms with Crippen LogP contribution < -0.4 is 10.6 Å². The van der Waals surface area contributed by atoms with Gasteiger partial charge in [0, 0.05) is 5.56 Å². The van der Waals surface area contributed by atoms with Crippen molar-refractivity contribution in [2.24, 2.45) is 0 Å². The SMILES string of the molecule is CC(NC(=O)NCC#Cc1ccccc1)c1ccc(F)c(F)c1. The molecule has 5 heteroatoms. The first-order chi connectivity index (χ1) is 11.1. The second-order valence-electron chi connectivity index (χ2n) is 4.89. The maximum absolute atomic E-state index is 13.2. The lowest BCUT2D eigenvalue weighted by atomic mass is 10.1. The summed E-state index contributed by atoms with van der Waals surface area (Å²) in [5.41, 5.74) is 1.35. The molecule has 118 valence electrons. The number of amides is 2. The molecule has 1 unspecified atom stereocenters. The van der Waals surface area contributed by atoms with Crippen molar-refractivity contribution in [1.82, 2.24) is 10.6 Å². The van der Waals surface area contributed by atoms with Crippen LogP contribution in [0.15, 0.2) is 48.5 Å². The van der Waals surface area contributed by atoms with Crippen LogP contribution in [0.5, 0.6) is 0 Å². The number of rotatable bonds is 3. The molecule has 2 aromatic carbocycles. The Bertz CT molecular complexity index is 736. The molecule has 0 radical (unpaired) electrons. The zero-order chi connectivity index (χ0) is 16.7. The third-order valence-electron chi connectivity index (χ3n) is 3.14. The fourth-order valence-corrected chi connectivity index (χ4v) is 1.90. The zero-order valence-corrected chi connectivity index (χ0v) is 12.6. The molecule has 0 spiro atoms. The predicted octanol–water partition coefficient (Wildman–Crippen LogP) is 3.38. The van der Waals surface area contributed by atoms with Crippen LogP contribution in [0.25, 0.3) is 0 Å². The van der Waals surface area contributed by atoms with E-state index >= 15 is 0 Å². The summed E-state index contributed by atoms with van der Waals surface area (Å²) in [6, 6.07) is 12.1. The van der Waals surface area contributed by atoms with E-state index in [9.17, 15) is 13.6 Å². The lowest BCUT2D eigenvalue weighted by Gasteiger charge is -2.14. The van der Waals surface area contributed by atoms with E-state index in [0.717, 1.165) is 17.7 Å². The third kappa shape index (κ3) is 5.11. The van der Waals surface area contributed by atoms with Gasteiger partial charge in [-0.3, -0.25) is 0 Å². The van der Waals surface area contributed by atoms with Gasteiger partial charge in [0.15, 0.2) is 11.6 Å². The second-order valence-corrected chi connectivity index (χ2v) is 4.89. The van der Waals surface area contributed by atoms with Gasteiger partial charge in [0.2, 0.25) is 0 Å². The number of benzene rings is 2. The van der Waals surface area contributed by atoms with E-state index < -0.39 is 23.7 Å². The molecule has 0 saturated carbocycles. The first-order valence-corrected chi connectivity index (χ1v) is 7.09. The molecule has 2 aromatic rings. The predicted molar refractivity (Wildman–Crippen MR) is 84.6 cm³/mol. The topological polar surface area (TPSA) is 41.1 Å². The first-order valence-electron chi connectivity index (χ1n) is 7.09. The minimum absolute atomic E-state index is 0.186. The molecule has 0 saturated heterocycles. The van der Waals surface area contributed by atoms with Crippen molar-refractivity contribution in [3.63, 3.8) is 0 Å². The normalized spacial score (nSPS) is 11.1. The summed E-state index contributed by atoms with van der Waals surface area (Å²) in [6.07, 6.45) is 0. The van der Waals surface area contributed by atoms with Crippen LogP contribution in [0, 0.1) is 23.5 Å². The molecule has 0 aliphatic rings. The van der Waals surface area contributed by atoms with Crippen molar-refractivity contribution in [3.05, 3.63) is 71.3 Å². The van der Waals surface area contributed by atoms with E-state index in [1.165, 1.54) is 6.07 Å². The number of urea groups is 1. The van der Waals surface area contributed by atoms with Crippen molar-refractivity contribution in [2.45, 2.75) is 13.0 Å². The summed E-state index contributed by atoms with van der Waals surface area (Å²) < 4.78 is 26.0. The van der Waals surface area contributed by atoms with Gasteiger partial charge in [-0.05, 0) is 36.8 Å². The minimum Gasteiger partial charge on any atom is -0.332 e. The molecule has 2 amide bonds. The fourth-order valence-electron chi connectivity index (χ4n) is 1.90. The summed E-state index contributed by atoms with van der Waals surface area (Å²) >= 11 is 0. The number of carbonyl (C=O) groups excluding carboxylic acids is 1. The summed E-state index contributed by atoms with van der Waals surface area (Å²) in [4.78, 5) is 11.7. The van der Waals surface area contributed by atoms with Gasteiger partial charge in [-0.15, -0.1) is 0 Å². The average Bonchev–Trinajstić information content (AvgIpc) is 2.55. The molecule has 0 aliphatic carbocycles. The summed E-state index contributed by atoms with van der Waals surface area (Å²) in [5.74, 6) is 3.89. The summed E-state index contributed by atoms with van der Waals surface area (Å²) in [5, 5.41) is 5.22. The number of hydrogen-bond donors (Lipinski definition) is 2. The van der Waals surface area contributed by atoms with E-state index in [0.29, 0.717) is 5.56 Å². The van der Waals surface area contributed by atoms with Crippen LogP contribution in [-0.2, 0) is 0 Å². The molecule has 0 aromatic heterocycles. The Kier molecular flexibility index (Phi) is 5.70. The third-order valence-corrected chi connectivity index (χ3v) is 3.14. The van der Waals surface area contributed by atoms with Crippen molar-refractivity contribution < 1.29 is 13.6 Å². The molecular weight excluding hydrogens is 298 g/mol.